The van der Waals surface area contributed by atoms with Gasteiger partial charge >= 0.3 is 5.97 Å². The molecule has 0 radical (unpaired) electrons. The number of aryl methyl sites for hydroxylation is 1. The Morgan fingerprint density at radius 3 is 2.34 bits per heavy atom. The van der Waals surface area contributed by atoms with Gasteiger partial charge < -0.3 is 4.74 Å². The summed E-state index contributed by atoms with van der Waals surface area (Å²) in [6.07, 6.45) is 2.53. The van der Waals surface area contributed by atoms with Gasteiger partial charge in [-0.2, -0.15) is 5.10 Å². The first-order valence-corrected chi connectivity index (χ1v) is 8.25. The van der Waals surface area contributed by atoms with Crippen LogP contribution in [0.1, 0.15) is 32.1 Å². The summed E-state index contributed by atoms with van der Waals surface area (Å²) in [5.41, 5.74) is -0.955. The third kappa shape index (κ3) is 4.08. The zero-order valence-corrected chi connectivity index (χ0v) is 15.3. The zero-order valence-electron chi connectivity index (χ0n) is 15.3. The molecular weight excluding hydrogens is 387 g/mol. The van der Waals surface area contributed by atoms with Crippen molar-refractivity contribution in [3.05, 3.63) is 82.7 Å². The molecule has 1 heterocycles. The molecule has 0 bridgehead atoms. The average Bonchev–Trinajstić information content (AvgIpc) is 3.11. The van der Waals surface area contributed by atoms with Crippen LogP contribution in [0.2, 0.25) is 0 Å². The molecule has 0 amide bonds. The summed E-state index contributed by atoms with van der Waals surface area (Å²) < 4.78 is 47.2. The first-order chi connectivity index (χ1) is 13.8. The van der Waals surface area contributed by atoms with E-state index in [2.05, 4.69) is 14.8 Å². The van der Waals surface area contributed by atoms with E-state index in [-0.39, 0.29) is 11.4 Å². The van der Waals surface area contributed by atoms with Crippen molar-refractivity contribution >= 4 is 23.4 Å². The predicted molar refractivity (Wildman–Crippen MR) is 97.3 cm³/mol. The maximum Gasteiger partial charge on any atom is 0.338 e. The van der Waals surface area contributed by atoms with Gasteiger partial charge in [0.05, 0.1) is 23.8 Å². The number of carbonyl (C=O) groups excluding carboxylic acids is 2. The van der Waals surface area contributed by atoms with Crippen molar-refractivity contribution in [3.63, 3.8) is 0 Å². The van der Waals surface area contributed by atoms with Gasteiger partial charge in [0.2, 0.25) is 5.78 Å². The highest BCUT2D eigenvalue weighted by atomic mass is 19.1. The highest BCUT2D eigenvalue weighted by Crippen LogP contribution is 2.26. The fraction of sp³-hybridized carbons (Fsp3) is 0.100. The third-order valence-electron chi connectivity index (χ3n) is 4.07. The van der Waals surface area contributed by atoms with Crippen LogP contribution < -0.4 is 0 Å². The fourth-order valence-electron chi connectivity index (χ4n) is 2.71. The lowest BCUT2D eigenvalue weighted by molar-refractivity contribution is 0.0596. The summed E-state index contributed by atoms with van der Waals surface area (Å²) in [4.78, 5) is 29.3. The highest BCUT2D eigenvalue weighted by molar-refractivity contribution is 6.33. The van der Waals surface area contributed by atoms with Crippen LogP contribution in [0.25, 0.3) is 11.6 Å². The number of aromatic nitrogens is 3. The number of methoxy groups -OCH3 is 1. The Balaban J connectivity index is 2.23. The Morgan fingerprint density at radius 1 is 1.07 bits per heavy atom. The molecule has 1 aromatic heterocycles. The van der Waals surface area contributed by atoms with Gasteiger partial charge in [-0.05, 0) is 29.8 Å². The maximum atomic E-state index is 14.6. The van der Waals surface area contributed by atoms with E-state index in [0.29, 0.717) is 17.7 Å². The quantitative estimate of drug-likeness (QED) is 0.372. The molecule has 0 unspecified atom stereocenters. The molecule has 0 saturated carbocycles. The highest BCUT2D eigenvalue weighted by Gasteiger charge is 2.28. The molecule has 148 valence electrons. The molecule has 0 saturated heterocycles. The second-order valence-electron chi connectivity index (χ2n) is 5.95. The minimum atomic E-state index is -1.23. The van der Waals surface area contributed by atoms with Crippen LogP contribution >= 0.6 is 0 Å². The molecule has 3 aromatic rings. The first kappa shape index (κ1) is 20.0. The SMILES string of the molecule is COC(=O)c1cc(F)cc(F)c1C(=O)/C(=C/c1ccc(F)cc1)c1ncnn1C. The van der Waals surface area contributed by atoms with E-state index in [1.54, 1.807) is 0 Å². The molecule has 0 atom stereocenters. The summed E-state index contributed by atoms with van der Waals surface area (Å²) >= 11 is 0. The first-order valence-electron chi connectivity index (χ1n) is 8.25. The van der Waals surface area contributed by atoms with Crippen LogP contribution in [0, 0.1) is 17.5 Å². The number of halogens is 3. The lowest BCUT2D eigenvalue weighted by Gasteiger charge is -2.11. The van der Waals surface area contributed by atoms with Gasteiger partial charge in [-0.15, -0.1) is 0 Å². The van der Waals surface area contributed by atoms with Crippen LogP contribution in [-0.4, -0.2) is 33.6 Å². The van der Waals surface area contributed by atoms with Gasteiger partial charge in [0.25, 0.3) is 0 Å². The molecule has 2 aromatic carbocycles. The molecular formula is C20H14F3N3O3. The topological polar surface area (TPSA) is 74.1 Å². The van der Waals surface area contributed by atoms with Crippen molar-refractivity contribution in [3.8, 4) is 0 Å². The summed E-state index contributed by atoms with van der Waals surface area (Å²) in [5.74, 6) is -4.70. The Morgan fingerprint density at radius 2 is 1.76 bits per heavy atom. The van der Waals surface area contributed by atoms with Crippen molar-refractivity contribution in [2.24, 2.45) is 7.05 Å². The monoisotopic (exact) mass is 401 g/mol. The van der Waals surface area contributed by atoms with Crippen molar-refractivity contribution < 1.29 is 27.5 Å². The maximum absolute atomic E-state index is 14.6. The van der Waals surface area contributed by atoms with E-state index in [0.717, 1.165) is 7.11 Å². The van der Waals surface area contributed by atoms with Crippen LogP contribution in [0.15, 0.2) is 42.7 Å². The lowest BCUT2D eigenvalue weighted by Crippen LogP contribution is -2.16. The van der Waals surface area contributed by atoms with Gasteiger partial charge in [-0.3, -0.25) is 4.79 Å². The van der Waals surface area contributed by atoms with Crippen LogP contribution in [0.3, 0.4) is 0 Å². The summed E-state index contributed by atoms with van der Waals surface area (Å²) in [6.45, 7) is 0. The van der Waals surface area contributed by atoms with Gasteiger partial charge in [-0.1, -0.05) is 12.1 Å². The molecule has 0 spiro atoms. The number of carbonyl (C=O) groups is 2. The molecule has 0 fully saturated rings. The second kappa shape index (κ2) is 8.09. The van der Waals surface area contributed by atoms with Crippen molar-refractivity contribution in [1.29, 1.82) is 0 Å². The minimum Gasteiger partial charge on any atom is -0.465 e. The van der Waals surface area contributed by atoms with E-state index in [4.69, 9.17) is 0 Å². The van der Waals surface area contributed by atoms with Crippen LogP contribution in [0.5, 0.6) is 0 Å². The zero-order chi connectivity index (χ0) is 21.1. The van der Waals surface area contributed by atoms with E-state index in [1.165, 1.54) is 48.4 Å². The van der Waals surface area contributed by atoms with E-state index in [9.17, 15) is 22.8 Å². The normalized spacial score (nSPS) is 11.4. The number of esters is 1. The largest absolute Gasteiger partial charge is 0.465 e. The predicted octanol–water partition coefficient (Wildman–Crippen LogP) is 3.44. The summed E-state index contributed by atoms with van der Waals surface area (Å²) in [6, 6.07) is 6.38. The molecule has 29 heavy (non-hydrogen) atoms. The lowest BCUT2D eigenvalue weighted by atomic mass is 9.95. The Labute approximate surface area is 163 Å². The van der Waals surface area contributed by atoms with E-state index < -0.39 is 40.3 Å². The second-order valence-corrected chi connectivity index (χ2v) is 5.95. The Kier molecular flexibility index (Phi) is 5.58. The van der Waals surface area contributed by atoms with Crippen LogP contribution in [0.4, 0.5) is 13.2 Å². The number of ether oxygens (including phenoxy) is 1. The molecule has 6 nitrogen and oxygen atoms in total. The van der Waals surface area contributed by atoms with Crippen molar-refractivity contribution in [1.82, 2.24) is 14.8 Å². The summed E-state index contributed by atoms with van der Waals surface area (Å²) in [7, 11) is 2.54. The van der Waals surface area contributed by atoms with E-state index >= 15 is 0 Å². The minimum absolute atomic E-state index is 0.0684. The summed E-state index contributed by atoms with van der Waals surface area (Å²) in [5, 5.41) is 3.89. The van der Waals surface area contributed by atoms with Gasteiger partial charge in [0.15, 0.2) is 5.82 Å². The van der Waals surface area contributed by atoms with Gasteiger partial charge in [0, 0.05) is 13.1 Å². The number of ketones is 1. The van der Waals surface area contributed by atoms with Gasteiger partial charge in [0.1, 0.15) is 23.8 Å². The molecule has 0 aliphatic carbocycles. The molecule has 0 N–H and O–H groups in total. The number of hydrogen-bond acceptors (Lipinski definition) is 5. The number of allylic oxidation sites excluding steroid dienone is 1. The van der Waals surface area contributed by atoms with Crippen molar-refractivity contribution in [2.75, 3.05) is 7.11 Å². The van der Waals surface area contributed by atoms with E-state index in [1.807, 2.05) is 0 Å². The molecule has 9 heteroatoms. The number of rotatable bonds is 5. The molecule has 0 aliphatic heterocycles. The number of hydrogen-bond donors (Lipinski definition) is 0. The smallest absolute Gasteiger partial charge is 0.338 e. The van der Waals surface area contributed by atoms with Crippen LogP contribution in [-0.2, 0) is 11.8 Å². The molecule has 0 aliphatic rings. The molecule has 3 rings (SSSR count). The number of benzene rings is 2. The fourth-order valence-corrected chi connectivity index (χ4v) is 2.71. The van der Waals surface area contributed by atoms with Gasteiger partial charge in [-0.25, -0.2) is 27.6 Å². The Hall–Kier alpha value is -3.75. The number of nitrogens with zero attached hydrogens (tertiary/aromatic N) is 3. The standard InChI is InChI=1S/C20H14F3N3O3/c1-26-19(24-10-25-26)15(7-11-3-5-12(21)6-4-11)18(27)17-14(20(28)29-2)8-13(22)9-16(17)23/h3-10H,1-2H3/b15-7-. The number of Topliss-reactive ketones (excluding diaryl/α,β-unsaturated/α-hetero) is 1. The average molecular weight is 401 g/mol. The van der Waals surface area contributed by atoms with Crippen molar-refractivity contribution in [2.45, 2.75) is 0 Å². The Bertz CT molecular complexity index is 1120. The third-order valence-corrected chi connectivity index (χ3v) is 4.07.